The van der Waals surface area contributed by atoms with Crippen LogP contribution < -0.4 is 10.5 Å². The first-order chi connectivity index (χ1) is 12.0. The fourth-order valence-electron chi connectivity index (χ4n) is 3.31. The van der Waals surface area contributed by atoms with Crippen LogP contribution >= 0.6 is 12.4 Å². The third-order valence-corrected chi connectivity index (χ3v) is 6.22. The Balaban J connectivity index is 0.00000196. The number of halogens is 1. The van der Waals surface area contributed by atoms with Gasteiger partial charge >= 0.3 is 0 Å². The number of hydrogen-bond donors (Lipinski definition) is 2. The lowest BCUT2D eigenvalue weighted by atomic mass is 9.99. The third kappa shape index (κ3) is 3.63. The molecule has 1 aromatic heterocycles. The van der Waals surface area contributed by atoms with Crippen molar-refractivity contribution >= 4 is 22.4 Å². The van der Waals surface area contributed by atoms with Gasteiger partial charge in [-0.1, -0.05) is 24.1 Å². The monoisotopic (exact) mass is 400 g/mol. The molecule has 3 N–H and O–H groups in total. The summed E-state index contributed by atoms with van der Waals surface area (Å²) < 4.78 is 37.9. The Morgan fingerprint density at radius 1 is 1.19 bits per heavy atom. The molecule has 142 valence electrons. The second-order valence-electron chi connectivity index (χ2n) is 6.62. The minimum absolute atomic E-state index is 0. The van der Waals surface area contributed by atoms with Gasteiger partial charge in [0.15, 0.2) is 5.82 Å². The van der Waals surface area contributed by atoms with Gasteiger partial charge in [0.1, 0.15) is 0 Å². The van der Waals surface area contributed by atoms with Gasteiger partial charge in [-0.2, -0.15) is 4.98 Å². The molecule has 2 heterocycles. The minimum Gasteiger partial charge on any atom is -0.372 e. The Kier molecular flexibility index (Phi) is 5.36. The minimum atomic E-state index is -3.67. The van der Waals surface area contributed by atoms with Gasteiger partial charge in [-0.15, -0.1) is 12.4 Å². The van der Waals surface area contributed by atoms with Crippen molar-refractivity contribution in [3.63, 3.8) is 0 Å². The summed E-state index contributed by atoms with van der Waals surface area (Å²) >= 11 is 0. The molecular weight excluding hydrogens is 380 g/mol. The molecule has 4 rings (SSSR count). The van der Waals surface area contributed by atoms with Gasteiger partial charge in [0, 0.05) is 0 Å². The summed E-state index contributed by atoms with van der Waals surface area (Å²) in [6.07, 6.45) is 3.70. The Hall–Kier alpha value is -1.52. The second-order valence-corrected chi connectivity index (χ2v) is 8.39. The van der Waals surface area contributed by atoms with Crippen molar-refractivity contribution in [1.29, 1.82) is 0 Å². The lowest BCUT2D eigenvalue weighted by molar-refractivity contribution is 0.134. The zero-order valence-corrected chi connectivity index (χ0v) is 15.7. The molecule has 1 aliphatic heterocycles. The number of nitrogens with one attached hydrogen (secondary N) is 1. The summed E-state index contributed by atoms with van der Waals surface area (Å²) in [7, 11) is -3.67. The van der Waals surface area contributed by atoms with E-state index in [4.69, 9.17) is 15.0 Å². The van der Waals surface area contributed by atoms with Crippen LogP contribution in [0.4, 0.5) is 0 Å². The van der Waals surface area contributed by atoms with Crippen molar-refractivity contribution in [3.05, 3.63) is 41.0 Å². The maximum absolute atomic E-state index is 12.5. The first kappa shape index (κ1) is 19.2. The van der Waals surface area contributed by atoms with Gasteiger partial charge in [-0.3, -0.25) is 0 Å². The molecule has 1 aromatic carbocycles. The SMILES string of the molecule is Cl.NC1(c2noc(CNS(=O)(=O)c3ccc4c(c3)COC4)n2)CCCC1. The molecule has 0 unspecified atom stereocenters. The van der Waals surface area contributed by atoms with Crippen molar-refractivity contribution in [1.82, 2.24) is 14.9 Å². The maximum Gasteiger partial charge on any atom is 0.241 e. The highest BCUT2D eigenvalue weighted by atomic mass is 35.5. The fourth-order valence-corrected chi connectivity index (χ4v) is 4.34. The standard InChI is InChI=1S/C16H20N4O4S.ClH/c17-16(5-1-2-6-16)15-19-14(24-20-15)8-18-25(21,22)13-4-3-11-9-23-10-12(11)7-13;/h3-4,7,18H,1-2,5-6,8-10,17H2;1H. The molecule has 0 radical (unpaired) electrons. The first-order valence-electron chi connectivity index (χ1n) is 8.27. The van der Waals surface area contributed by atoms with Crippen molar-refractivity contribution in [2.24, 2.45) is 5.73 Å². The van der Waals surface area contributed by atoms with E-state index in [9.17, 15) is 8.42 Å². The summed E-state index contributed by atoms with van der Waals surface area (Å²) in [4.78, 5) is 4.47. The number of sulfonamides is 1. The van der Waals surface area contributed by atoms with Gasteiger partial charge in [0.2, 0.25) is 15.9 Å². The van der Waals surface area contributed by atoms with Gasteiger partial charge in [-0.05, 0) is 36.1 Å². The maximum atomic E-state index is 12.5. The number of nitrogens with two attached hydrogens (primary N) is 1. The summed E-state index contributed by atoms with van der Waals surface area (Å²) in [6.45, 7) is 0.887. The van der Waals surface area contributed by atoms with E-state index in [1.54, 1.807) is 18.2 Å². The van der Waals surface area contributed by atoms with Crippen LogP contribution in [0.2, 0.25) is 0 Å². The van der Waals surface area contributed by atoms with Crippen LogP contribution in [0, 0.1) is 0 Å². The van der Waals surface area contributed by atoms with Crippen LogP contribution in [-0.2, 0) is 40.1 Å². The van der Waals surface area contributed by atoms with Crippen molar-refractivity contribution in [2.45, 2.75) is 55.9 Å². The molecule has 0 amide bonds. The lowest BCUT2D eigenvalue weighted by Crippen LogP contribution is -2.34. The van der Waals surface area contributed by atoms with E-state index in [0.29, 0.717) is 19.0 Å². The number of hydrogen-bond acceptors (Lipinski definition) is 7. The number of ether oxygens (including phenoxy) is 1. The molecule has 0 spiro atoms. The fraction of sp³-hybridized carbons (Fsp3) is 0.500. The van der Waals surface area contributed by atoms with Crippen LogP contribution in [-0.4, -0.2) is 18.6 Å². The zero-order chi connectivity index (χ0) is 17.5. The molecule has 2 aliphatic rings. The molecule has 2 aromatic rings. The van der Waals surface area contributed by atoms with Gasteiger partial charge in [0.25, 0.3) is 0 Å². The van der Waals surface area contributed by atoms with Crippen LogP contribution in [0.1, 0.15) is 48.5 Å². The van der Waals surface area contributed by atoms with Crippen molar-refractivity contribution < 1.29 is 17.7 Å². The van der Waals surface area contributed by atoms with E-state index in [2.05, 4.69) is 14.9 Å². The molecule has 10 heteroatoms. The number of fused-ring (bicyclic) bond motifs is 1. The third-order valence-electron chi connectivity index (χ3n) is 4.83. The Morgan fingerprint density at radius 3 is 2.69 bits per heavy atom. The van der Waals surface area contributed by atoms with Crippen LogP contribution in [0.25, 0.3) is 0 Å². The predicted octanol–water partition coefficient (Wildman–Crippen LogP) is 1.73. The lowest BCUT2D eigenvalue weighted by Gasteiger charge is -2.17. The zero-order valence-electron chi connectivity index (χ0n) is 14.1. The smallest absolute Gasteiger partial charge is 0.241 e. The molecule has 0 saturated heterocycles. The van der Waals surface area contributed by atoms with E-state index in [0.717, 1.165) is 36.8 Å². The normalized spacial score (nSPS) is 18.5. The molecule has 1 fully saturated rings. The summed E-state index contributed by atoms with van der Waals surface area (Å²) in [5.74, 6) is 0.661. The topological polar surface area (TPSA) is 120 Å². The number of benzene rings is 1. The Labute approximate surface area is 157 Å². The Bertz CT molecular complexity index is 893. The summed E-state index contributed by atoms with van der Waals surface area (Å²) in [5.41, 5.74) is 7.64. The molecule has 1 aliphatic carbocycles. The van der Waals surface area contributed by atoms with E-state index in [1.165, 1.54) is 0 Å². The summed E-state index contributed by atoms with van der Waals surface area (Å²) in [6, 6.07) is 4.99. The van der Waals surface area contributed by atoms with E-state index < -0.39 is 15.6 Å². The highest BCUT2D eigenvalue weighted by molar-refractivity contribution is 7.89. The summed E-state index contributed by atoms with van der Waals surface area (Å²) in [5, 5.41) is 3.93. The van der Waals surface area contributed by atoms with E-state index >= 15 is 0 Å². The van der Waals surface area contributed by atoms with Crippen LogP contribution in [0.5, 0.6) is 0 Å². The largest absolute Gasteiger partial charge is 0.372 e. The van der Waals surface area contributed by atoms with Gasteiger partial charge in [0.05, 0.1) is 30.2 Å². The molecular formula is C16H21ClN4O4S. The highest BCUT2D eigenvalue weighted by Gasteiger charge is 2.36. The van der Waals surface area contributed by atoms with Gasteiger partial charge in [-0.25, -0.2) is 13.1 Å². The van der Waals surface area contributed by atoms with E-state index in [1.807, 2.05) is 0 Å². The number of nitrogens with zero attached hydrogens (tertiary/aromatic N) is 2. The van der Waals surface area contributed by atoms with Crippen LogP contribution in [0.15, 0.2) is 27.6 Å². The molecule has 0 atom stereocenters. The average molecular weight is 401 g/mol. The van der Waals surface area contributed by atoms with Crippen molar-refractivity contribution in [2.75, 3.05) is 0 Å². The van der Waals surface area contributed by atoms with Gasteiger partial charge < -0.3 is 15.0 Å². The van der Waals surface area contributed by atoms with Crippen LogP contribution in [0.3, 0.4) is 0 Å². The molecule has 1 saturated carbocycles. The molecule has 26 heavy (non-hydrogen) atoms. The van der Waals surface area contributed by atoms with Crippen molar-refractivity contribution in [3.8, 4) is 0 Å². The first-order valence-corrected chi connectivity index (χ1v) is 9.76. The van der Waals surface area contributed by atoms with E-state index in [-0.39, 0.29) is 29.7 Å². The predicted molar refractivity (Wildman–Crippen MR) is 94.8 cm³/mol. The average Bonchev–Trinajstić information content (AvgIpc) is 3.33. The molecule has 8 nitrogen and oxygen atoms in total. The highest BCUT2D eigenvalue weighted by Crippen LogP contribution is 2.34. The number of rotatable bonds is 5. The quantitative estimate of drug-likeness (QED) is 0.783. The second kappa shape index (κ2) is 7.24. The Morgan fingerprint density at radius 2 is 1.92 bits per heavy atom. The number of aromatic nitrogens is 2. The molecule has 0 bridgehead atoms.